The number of thioether (sulfide) groups is 1. The average molecular weight is 435 g/mol. The van der Waals surface area contributed by atoms with Crippen molar-refractivity contribution in [1.82, 2.24) is 16.0 Å². The molecule has 0 aliphatic carbocycles. The van der Waals surface area contributed by atoms with E-state index in [-0.39, 0.29) is 18.8 Å². The maximum atomic E-state index is 12.5. The number of carboxylic acid groups (broad SMARTS) is 2. The fourth-order valence-corrected chi connectivity index (χ4v) is 2.76. The first-order chi connectivity index (χ1) is 13.5. The fourth-order valence-electron chi connectivity index (χ4n) is 2.29. The molecule has 0 aromatic heterocycles. The van der Waals surface area contributed by atoms with E-state index in [9.17, 15) is 29.1 Å². The van der Waals surface area contributed by atoms with E-state index in [0.717, 1.165) is 0 Å². The van der Waals surface area contributed by atoms with E-state index in [2.05, 4.69) is 16.0 Å². The smallest absolute Gasteiger partial charge is 0.326 e. The Hall–Kier alpha value is -2.34. The lowest BCUT2D eigenvalue weighted by Crippen LogP contribution is -2.54. The third kappa shape index (κ3) is 12.0. The van der Waals surface area contributed by atoms with Crippen LogP contribution in [0.25, 0.3) is 0 Å². The van der Waals surface area contributed by atoms with E-state index in [1.165, 1.54) is 11.8 Å². The predicted octanol–water partition coefficient (Wildman–Crippen LogP) is -1.24. The molecular weight excluding hydrogens is 404 g/mol. The molecule has 0 spiro atoms. The van der Waals surface area contributed by atoms with Crippen LogP contribution in [0.4, 0.5) is 0 Å². The van der Waals surface area contributed by atoms with Gasteiger partial charge in [0.2, 0.25) is 17.7 Å². The Bertz CT molecular complexity index is 600. The van der Waals surface area contributed by atoms with Gasteiger partial charge in [0, 0.05) is 0 Å². The molecule has 0 aliphatic rings. The number of amides is 3. The van der Waals surface area contributed by atoms with E-state index in [4.69, 9.17) is 10.8 Å². The number of hydrogen-bond donors (Lipinski definition) is 6. The molecule has 3 amide bonds. The minimum absolute atomic E-state index is 0.0269. The molecule has 0 heterocycles. The van der Waals surface area contributed by atoms with Crippen LogP contribution in [0.3, 0.4) is 0 Å². The molecule has 0 fully saturated rings. The van der Waals surface area contributed by atoms with Crippen molar-refractivity contribution in [2.45, 2.75) is 51.2 Å². The van der Waals surface area contributed by atoms with Crippen LogP contribution in [0, 0.1) is 5.92 Å². The number of aliphatic carboxylic acids is 2. The first-order valence-corrected chi connectivity index (χ1v) is 10.4. The minimum atomic E-state index is -1.30. The van der Waals surface area contributed by atoms with Crippen LogP contribution < -0.4 is 21.7 Å². The van der Waals surface area contributed by atoms with Crippen LogP contribution in [0.15, 0.2) is 0 Å². The highest BCUT2D eigenvalue weighted by Gasteiger charge is 2.27. The molecule has 11 nitrogen and oxygen atoms in total. The summed E-state index contributed by atoms with van der Waals surface area (Å²) in [6.45, 7) is 3.17. The zero-order valence-electron chi connectivity index (χ0n) is 16.8. The molecule has 3 atom stereocenters. The van der Waals surface area contributed by atoms with Crippen LogP contribution >= 0.6 is 11.8 Å². The summed E-state index contributed by atoms with van der Waals surface area (Å²) in [6.07, 6.45) is 1.73. The average Bonchev–Trinajstić information content (AvgIpc) is 2.61. The molecule has 166 valence electrons. The van der Waals surface area contributed by atoms with Crippen molar-refractivity contribution < 1.29 is 34.2 Å². The maximum Gasteiger partial charge on any atom is 0.326 e. The van der Waals surface area contributed by atoms with Crippen LogP contribution in [0.2, 0.25) is 0 Å². The van der Waals surface area contributed by atoms with Crippen molar-refractivity contribution in [2.75, 3.05) is 18.6 Å². The van der Waals surface area contributed by atoms with Crippen LogP contribution in [-0.2, 0) is 24.0 Å². The summed E-state index contributed by atoms with van der Waals surface area (Å²) < 4.78 is 0. The van der Waals surface area contributed by atoms with Crippen LogP contribution in [0.1, 0.15) is 33.1 Å². The monoisotopic (exact) mass is 434 g/mol. The van der Waals surface area contributed by atoms with Gasteiger partial charge in [0.1, 0.15) is 12.1 Å². The molecule has 3 unspecified atom stereocenters. The van der Waals surface area contributed by atoms with Crippen molar-refractivity contribution in [3.63, 3.8) is 0 Å². The van der Waals surface area contributed by atoms with Crippen molar-refractivity contribution in [3.05, 3.63) is 0 Å². The van der Waals surface area contributed by atoms with E-state index in [1.807, 2.05) is 20.1 Å². The van der Waals surface area contributed by atoms with Crippen molar-refractivity contribution in [1.29, 1.82) is 0 Å². The largest absolute Gasteiger partial charge is 0.481 e. The zero-order valence-corrected chi connectivity index (χ0v) is 17.6. The standard InChI is InChI=1S/C17H30N4O7S/c1-9(2)6-12(16(26)21-11(17(27)28)4-5-29-3)20-13(22)8-19-15(25)10(18)7-14(23)24/h9-12H,4-8,18H2,1-3H3,(H,19,25)(H,20,22)(H,21,26)(H,23,24)(H,27,28). The van der Waals surface area contributed by atoms with E-state index in [1.54, 1.807) is 0 Å². The fraction of sp³-hybridized carbons (Fsp3) is 0.706. The predicted molar refractivity (Wildman–Crippen MR) is 107 cm³/mol. The van der Waals surface area contributed by atoms with Gasteiger partial charge in [-0.1, -0.05) is 13.8 Å². The van der Waals surface area contributed by atoms with Crippen LogP contribution in [-0.4, -0.2) is 76.6 Å². The van der Waals surface area contributed by atoms with E-state index in [0.29, 0.717) is 5.75 Å². The van der Waals surface area contributed by atoms with Gasteiger partial charge in [-0.15, -0.1) is 0 Å². The number of hydrogen-bond acceptors (Lipinski definition) is 7. The number of rotatable bonds is 14. The Labute approximate surface area is 173 Å². The Kier molecular flexibility index (Phi) is 12.7. The Balaban J connectivity index is 4.86. The lowest BCUT2D eigenvalue weighted by molar-refractivity contribution is -0.142. The topological polar surface area (TPSA) is 188 Å². The zero-order chi connectivity index (χ0) is 22.6. The number of carboxylic acids is 2. The highest BCUT2D eigenvalue weighted by Crippen LogP contribution is 2.07. The Morgan fingerprint density at radius 3 is 2.10 bits per heavy atom. The first-order valence-electron chi connectivity index (χ1n) is 9.04. The third-order valence-corrected chi connectivity index (χ3v) is 4.38. The van der Waals surface area contributed by atoms with Gasteiger partial charge < -0.3 is 31.9 Å². The van der Waals surface area contributed by atoms with Gasteiger partial charge in [0.05, 0.1) is 19.0 Å². The summed E-state index contributed by atoms with van der Waals surface area (Å²) in [4.78, 5) is 58.1. The summed E-state index contributed by atoms with van der Waals surface area (Å²) >= 11 is 1.45. The quantitative estimate of drug-likeness (QED) is 0.194. The minimum Gasteiger partial charge on any atom is -0.481 e. The molecule has 0 rings (SSSR count). The molecule has 12 heteroatoms. The van der Waals surface area contributed by atoms with Gasteiger partial charge in [-0.2, -0.15) is 11.8 Å². The second-order valence-corrected chi connectivity index (χ2v) is 7.84. The number of carbonyl (C=O) groups excluding carboxylic acids is 3. The van der Waals surface area contributed by atoms with Gasteiger partial charge in [-0.3, -0.25) is 19.2 Å². The molecule has 0 aromatic rings. The molecule has 0 aromatic carbocycles. The molecule has 29 heavy (non-hydrogen) atoms. The summed E-state index contributed by atoms with van der Waals surface area (Å²) in [6, 6.07) is -3.36. The molecular formula is C17H30N4O7S. The van der Waals surface area contributed by atoms with Gasteiger partial charge in [0.15, 0.2) is 0 Å². The van der Waals surface area contributed by atoms with Crippen molar-refractivity contribution in [2.24, 2.45) is 11.7 Å². The summed E-state index contributed by atoms with van der Waals surface area (Å²) in [7, 11) is 0. The van der Waals surface area contributed by atoms with Gasteiger partial charge >= 0.3 is 11.9 Å². The molecule has 0 bridgehead atoms. The molecule has 0 saturated heterocycles. The Morgan fingerprint density at radius 1 is 1.00 bits per heavy atom. The second kappa shape index (κ2) is 13.8. The summed E-state index contributed by atoms with van der Waals surface area (Å²) in [5.74, 6) is -3.97. The Morgan fingerprint density at radius 2 is 1.62 bits per heavy atom. The lowest BCUT2D eigenvalue weighted by Gasteiger charge is -2.23. The summed E-state index contributed by atoms with van der Waals surface area (Å²) in [5, 5.41) is 24.9. The second-order valence-electron chi connectivity index (χ2n) is 6.85. The van der Waals surface area contributed by atoms with E-state index >= 15 is 0 Å². The number of nitrogens with two attached hydrogens (primary N) is 1. The van der Waals surface area contributed by atoms with Gasteiger partial charge in [0.25, 0.3) is 0 Å². The lowest BCUT2D eigenvalue weighted by atomic mass is 10.0. The molecule has 7 N–H and O–H groups in total. The SMILES string of the molecule is CSCCC(NC(=O)C(CC(C)C)NC(=O)CNC(=O)C(N)CC(=O)O)C(=O)O. The maximum absolute atomic E-state index is 12.5. The number of carbonyl (C=O) groups is 5. The highest BCUT2D eigenvalue weighted by molar-refractivity contribution is 7.98. The van der Waals surface area contributed by atoms with E-state index < -0.39 is 60.8 Å². The van der Waals surface area contributed by atoms with Crippen molar-refractivity contribution >= 4 is 41.4 Å². The van der Waals surface area contributed by atoms with Crippen LogP contribution in [0.5, 0.6) is 0 Å². The summed E-state index contributed by atoms with van der Waals surface area (Å²) in [5.41, 5.74) is 5.40. The normalized spacial score (nSPS) is 13.8. The van der Waals surface area contributed by atoms with Gasteiger partial charge in [-0.05, 0) is 30.8 Å². The molecule has 0 aliphatic heterocycles. The van der Waals surface area contributed by atoms with Gasteiger partial charge in [-0.25, -0.2) is 4.79 Å². The number of nitrogens with one attached hydrogen (secondary N) is 3. The molecule has 0 saturated carbocycles. The van der Waals surface area contributed by atoms with Crippen molar-refractivity contribution in [3.8, 4) is 0 Å². The molecule has 0 radical (unpaired) electrons. The highest BCUT2D eigenvalue weighted by atomic mass is 32.2. The first kappa shape index (κ1) is 26.7. The third-order valence-electron chi connectivity index (χ3n) is 3.74.